The summed E-state index contributed by atoms with van der Waals surface area (Å²) in [6.45, 7) is 1.28. The number of aliphatic hydroxyl groups is 4. The van der Waals surface area contributed by atoms with Crippen molar-refractivity contribution in [3.8, 4) is 17.6 Å². The van der Waals surface area contributed by atoms with Crippen LogP contribution < -0.4 is 0 Å². The number of ether oxygens (including phenoxy) is 2. The Balaban J connectivity index is 1.51. The summed E-state index contributed by atoms with van der Waals surface area (Å²) in [5.41, 5.74) is -0.190. The molecule has 5 aliphatic rings. The summed E-state index contributed by atoms with van der Waals surface area (Å²) in [4.78, 5) is 26.9. The van der Waals surface area contributed by atoms with Crippen LogP contribution in [0.4, 0.5) is 0 Å². The van der Waals surface area contributed by atoms with E-state index in [4.69, 9.17) is 9.47 Å². The summed E-state index contributed by atoms with van der Waals surface area (Å²) in [5.74, 6) is 3.64. The van der Waals surface area contributed by atoms with Gasteiger partial charge in [0.2, 0.25) is 5.78 Å². The molecule has 6 rings (SSSR count). The zero-order valence-corrected chi connectivity index (χ0v) is 25.6. The Morgan fingerprint density at radius 2 is 1.78 bits per heavy atom. The first-order valence-corrected chi connectivity index (χ1v) is 15.4. The Hall–Kier alpha value is -4.26. The standard InChI is InChI=1S/C36H38O9/c1-18(37)29-28(38)17-23-14-22-16-27-26(20-8-12-25(45-3)13-9-20)15-21(7-4-19-5-10-24(44-2)11-6-19)32(39)31(27)33(40)30(22)35(42)36(23,43)34(29)41/h8,10,12,15,18-19,22-23,37,39-41,43H,5-6,9,11,13-14,16-17H2,1-3H3/t18?,19?,22-,23+,36-/m1/s1. The molecule has 2 unspecified atom stereocenters. The van der Waals surface area contributed by atoms with Crippen molar-refractivity contribution in [1.82, 2.24) is 0 Å². The monoisotopic (exact) mass is 614 g/mol. The molecule has 0 radical (unpaired) electrons. The molecule has 0 spiro atoms. The van der Waals surface area contributed by atoms with E-state index in [0.29, 0.717) is 30.4 Å². The van der Waals surface area contributed by atoms with Crippen LogP contribution in [0.1, 0.15) is 74.1 Å². The predicted molar refractivity (Wildman–Crippen MR) is 165 cm³/mol. The third kappa shape index (κ3) is 4.97. The summed E-state index contributed by atoms with van der Waals surface area (Å²) in [7, 11) is 3.27. The van der Waals surface area contributed by atoms with E-state index >= 15 is 0 Å². The van der Waals surface area contributed by atoms with Gasteiger partial charge in [-0.3, -0.25) is 9.59 Å². The first-order chi connectivity index (χ1) is 21.5. The molecular formula is C36H38O9. The highest BCUT2D eigenvalue weighted by Crippen LogP contribution is 2.53. The molecule has 5 aliphatic carbocycles. The zero-order chi connectivity index (χ0) is 32.2. The first kappa shape index (κ1) is 30.8. The smallest absolute Gasteiger partial charge is 0.202 e. The minimum Gasteiger partial charge on any atom is -0.508 e. The second kappa shape index (κ2) is 11.6. The van der Waals surface area contributed by atoms with Crippen LogP contribution in [0.15, 0.2) is 52.7 Å². The largest absolute Gasteiger partial charge is 0.508 e. The average Bonchev–Trinajstić information content (AvgIpc) is 3.02. The molecule has 0 amide bonds. The lowest BCUT2D eigenvalue weighted by Crippen LogP contribution is -2.58. The Morgan fingerprint density at radius 3 is 2.40 bits per heavy atom. The molecule has 1 aromatic carbocycles. The van der Waals surface area contributed by atoms with Gasteiger partial charge in [0.05, 0.1) is 48.5 Å². The van der Waals surface area contributed by atoms with Crippen LogP contribution in [-0.4, -0.2) is 63.0 Å². The van der Waals surface area contributed by atoms with Gasteiger partial charge in [0.15, 0.2) is 11.4 Å². The Morgan fingerprint density at radius 1 is 1.02 bits per heavy atom. The number of fused-ring (bicyclic) bond motifs is 3. The van der Waals surface area contributed by atoms with Crippen LogP contribution in [0, 0.1) is 29.6 Å². The average molecular weight is 615 g/mol. The van der Waals surface area contributed by atoms with Gasteiger partial charge < -0.3 is 35.0 Å². The number of aliphatic hydroxyl groups excluding tert-OH is 3. The van der Waals surface area contributed by atoms with Crippen LogP contribution in [0.3, 0.4) is 0 Å². The topological polar surface area (TPSA) is 154 Å². The van der Waals surface area contributed by atoms with Crippen molar-refractivity contribution in [2.75, 3.05) is 14.2 Å². The molecule has 5 atom stereocenters. The van der Waals surface area contributed by atoms with Gasteiger partial charge in [0, 0.05) is 36.7 Å². The van der Waals surface area contributed by atoms with E-state index < -0.39 is 52.2 Å². The summed E-state index contributed by atoms with van der Waals surface area (Å²) in [5, 5.41) is 56.2. The number of ketones is 2. The molecular weight excluding hydrogens is 576 g/mol. The molecule has 1 fully saturated rings. The number of methoxy groups -OCH3 is 2. The highest BCUT2D eigenvalue weighted by Gasteiger charge is 2.60. The number of carbonyl (C=O) groups excluding carboxylic acids is 2. The molecule has 9 heteroatoms. The molecule has 9 nitrogen and oxygen atoms in total. The Bertz CT molecular complexity index is 1710. The van der Waals surface area contributed by atoms with E-state index in [9.17, 15) is 35.1 Å². The van der Waals surface area contributed by atoms with Crippen LogP contribution >= 0.6 is 0 Å². The number of hydrogen-bond donors (Lipinski definition) is 5. The second-order valence-corrected chi connectivity index (χ2v) is 12.6. The fourth-order valence-corrected chi connectivity index (χ4v) is 7.59. The molecule has 0 bridgehead atoms. The van der Waals surface area contributed by atoms with Crippen molar-refractivity contribution in [3.63, 3.8) is 0 Å². The summed E-state index contributed by atoms with van der Waals surface area (Å²) in [6, 6.07) is 1.84. The maximum atomic E-state index is 14.0. The molecule has 0 saturated heterocycles. The molecule has 5 N–H and O–H groups in total. The number of phenols is 1. The highest BCUT2D eigenvalue weighted by molar-refractivity contribution is 6.13. The molecule has 0 aromatic heterocycles. The number of benzene rings is 1. The zero-order valence-electron chi connectivity index (χ0n) is 25.6. The van der Waals surface area contributed by atoms with E-state index in [1.165, 1.54) is 6.92 Å². The number of hydrogen-bond acceptors (Lipinski definition) is 9. The van der Waals surface area contributed by atoms with Gasteiger partial charge in [0.1, 0.15) is 17.3 Å². The molecule has 236 valence electrons. The minimum absolute atomic E-state index is 0.0539. The maximum Gasteiger partial charge on any atom is 0.202 e. The number of rotatable bonds is 4. The normalized spacial score (nSPS) is 28.5. The lowest BCUT2D eigenvalue weighted by molar-refractivity contribution is -0.147. The van der Waals surface area contributed by atoms with Crippen LogP contribution in [0.5, 0.6) is 5.75 Å². The molecule has 1 aromatic rings. The number of phenolic OH excluding ortho intramolecular Hbond substituents is 1. The second-order valence-electron chi connectivity index (χ2n) is 12.6. The predicted octanol–water partition coefficient (Wildman–Crippen LogP) is 4.71. The lowest BCUT2D eigenvalue weighted by atomic mass is 9.58. The molecule has 0 heterocycles. The summed E-state index contributed by atoms with van der Waals surface area (Å²) >= 11 is 0. The van der Waals surface area contributed by atoms with Crippen molar-refractivity contribution >= 4 is 22.9 Å². The van der Waals surface area contributed by atoms with Gasteiger partial charge in [-0.1, -0.05) is 17.9 Å². The van der Waals surface area contributed by atoms with Gasteiger partial charge in [-0.2, -0.15) is 0 Å². The quantitative estimate of drug-likeness (QED) is 0.304. The third-order valence-corrected chi connectivity index (χ3v) is 10.0. The van der Waals surface area contributed by atoms with Crippen molar-refractivity contribution in [2.24, 2.45) is 17.8 Å². The van der Waals surface area contributed by atoms with Crippen LogP contribution in [-0.2, 0) is 25.5 Å². The lowest BCUT2D eigenvalue weighted by Gasteiger charge is -2.46. The van der Waals surface area contributed by atoms with E-state index in [-0.39, 0.29) is 42.1 Å². The van der Waals surface area contributed by atoms with E-state index in [0.717, 1.165) is 35.5 Å². The van der Waals surface area contributed by atoms with Crippen LogP contribution in [0.25, 0.3) is 11.3 Å². The number of allylic oxidation sites excluding steroid dienone is 6. The van der Waals surface area contributed by atoms with Crippen molar-refractivity contribution in [3.05, 3.63) is 75.0 Å². The number of carbonyl (C=O) groups is 2. The third-order valence-electron chi connectivity index (χ3n) is 10.0. The van der Waals surface area contributed by atoms with Gasteiger partial charge >= 0.3 is 0 Å². The van der Waals surface area contributed by atoms with Crippen molar-refractivity contribution in [2.45, 2.75) is 70.0 Å². The highest BCUT2D eigenvalue weighted by atomic mass is 16.5. The Labute approximate surface area is 261 Å². The summed E-state index contributed by atoms with van der Waals surface area (Å²) < 4.78 is 10.8. The SMILES string of the molecule is COC1=CC=C(c2cc(C#CC3CC=C(OC)CC3)c(O)c3c2C[C@H]2C[C@H]4CC(=O)C(C(C)O)=C(O)[C@@]4(O)C(=O)C2=C3O)CC1. The van der Waals surface area contributed by atoms with E-state index in [1.807, 2.05) is 24.3 Å². The molecule has 0 aliphatic heterocycles. The van der Waals surface area contributed by atoms with E-state index in [1.54, 1.807) is 14.2 Å². The first-order valence-electron chi connectivity index (χ1n) is 15.4. The fourth-order valence-electron chi connectivity index (χ4n) is 7.59. The maximum absolute atomic E-state index is 14.0. The van der Waals surface area contributed by atoms with Crippen molar-refractivity contribution in [1.29, 1.82) is 0 Å². The van der Waals surface area contributed by atoms with Crippen LogP contribution in [0.2, 0.25) is 0 Å². The number of Topliss-reactive ketones (excluding diaryl/α,β-unsaturated/α-hetero) is 2. The fraction of sp³-hybridized carbons (Fsp3) is 0.444. The number of aromatic hydroxyl groups is 1. The minimum atomic E-state index is -2.48. The summed E-state index contributed by atoms with van der Waals surface area (Å²) in [6.07, 6.45) is 8.23. The molecule has 1 saturated carbocycles. The van der Waals surface area contributed by atoms with Crippen molar-refractivity contribution < 1.29 is 44.6 Å². The van der Waals surface area contributed by atoms with E-state index in [2.05, 4.69) is 11.8 Å². The van der Waals surface area contributed by atoms with Gasteiger partial charge in [0.25, 0.3) is 0 Å². The Kier molecular flexibility index (Phi) is 7.92. The van der Waals surface area contributed by atoms with Gasteiger partial charge in [-0.05, 0) is 79.9 Å². The van der Waals surface area contributed by atoms with Gasteiger partial charge in [-0.25, -0.2) is 0 Å². The molecule has 45 heavy (non-hydrogen) atoms. The van der Waals surface area contributed by atoms with Gasteiger partial charge in [-0.15, -0.1) is 0 Å².